The van der Waals surface area contributed by atoms with Gasteiger partial charge in [-0.3, -0.25) is 0 Å². The van der Waals surface area contributed by atoms with Crippen LogP contribution < -0.4 is 19.6 Å². The molecule has 4 nitrogen and oxygen atoms in total. The third kappa shape index (κ3) is 28.6. The fourth-order valence-electron chi connectivity index (χ4n) is 23.9. The molecular weight excluding hydrogens is 1840 g/mol. The third-order valence-electron chi connectivity index (χ3n) is 32.7. The zero-order valence-corrected chi connectivity index (χ0v) is 101. The zero-order chi connectivity index (χ0) is 108. The SMILES string of the molecule is CCCCCCCCC1(CCCCCCCC)c2cc(SCCCCCCCCc3ccc(N(c4ccc(N(c5c(C)cc(C(C)(C)C)cc5C)c5c(C)cc(C(C)(C)C)cc5C)cc4)c4c(C)cc(C(C)(C)C)cc4C)cc3)c(C)cc2-c2cc(C)c(SCCCCCCCCc3ccc(N(c4ccc(N(c5c(C)cc(C(C)(C)C)cc5C)c5c(C)cc(C(C)(C)C)cc5C)cc4)c4c(C)cc(C(C)(C)C)cc4C)cc3)cc21. The number of rotatable bonds is 46. The number of hydrogen-bond acceptors (Lipinski definition) is 6. The number of fused-ring (bicyclic) bond motifs is 3. The molecule has 12 aromatic carbocycles. The smallest absolute Gasteiger partial charge is 0.0520 e. The molecule has 0 N–H and O–H groups in total. The van der Waals surface area contributed by atoms with Gasteiger partial charge >= 0.3 is 0 Å². The maximum atomic E-state index is 2.76. The molecule has 0 heterocycles. The summed E-state index contributed by atoms with van der Waals surface area (Å²) in [5.74, 6) is 2.36. The van der Waals surface area contributed by atoms with E-state index in [0.717, 1.165) is 35.6 Å². The lowest BCUT2D eigenvalue weighted by atomic mass is 9.70. The first kappa shape index (κ1) is 117. The summed E-state index contributed by atoms with van der Waals surface area (Å²) in [4.78, 5) is 13.2. The molecule has 0 amide bonds. The van der Waals surface area contributed by atoms with Gasteiger partial charge in [0.1, 0.15) is 0 Å². The molecule has 6 heteroatoms. The molecule has 798 valence electrons. The van der Waals surface area contributed by atoms with Gasteiger partial charge in [0.25, 0.3) is 0 Å². The van der Waals surface area contributed by atoms with Crippen LogP contribution in [0, 0.1) is 96.9 Å². The minimum Gasteiger partial charge on any atom is -0.310 e. The van der Waals surface area contributed by atoms with Crippen molar-refractivity contribution >= 4 is 91.8 Å². The van der Waals surface area contributed by atoms with Gasteiger partial charge in [0.05, 0.1) is 34.1 Å². The van der Waals surface area contributed by atoms with E-state index >= 15 is 0 Å². The molecule has 0 spiro atoms. The predicted octanol–water partition coefficient (Wildman–Crippen LogP) is 44.8. The van der Waals surface area contributed by atoms with Gasteiger partial charge in [0.15, 0.2) is 0 Å². The van der Waals surface area contributed by atoms with E-state index in [1.54, 1.807) is 22.3 Å². The molecular formula is C143H194N4S2. The Labute approximate surface area is 917 Å². The Morgan fingerprint density at radius 3 is 0.611 bits per heavy atom. The lowest BCUT2D eigenvalue weighted by Crippen LogP contribution is -2.26. The highest BCUT2D eigenvalue weighted by molar-refractivity contribution is 7.99. The summed E-state index contributed by atoms with van der Waals surface area (Å²) in [5, 5.41) is 0. The van der Waals surface area contributed by atoms with E-state index in [1.807, 2.05) is 0 Å². The number of unbranched alkanes of at least 4 members (excludes halogenated alkanes) is 20. The van der Waals surface area contributed by atoms with E-state index < -0.39 is 0 Å². The molecule has 0 fully saturated rings. The Morgan fingerprint density at radius 1 is 0.201 bits per heavy atom. The highest BCUT2D eigenvalue weighted by Gasteiger charge is 2.44. The van der Waals surface area contributed by atoms with Gasteiger partial charge < -0.3 is 19.6 Å². The highest BCUT2D eigenvalue weighted by atomic mass is 32.2. The molecule has 12 aromatic rings. The maximum absolute atomic E-state index is 2.76. The second-order valence-electron chi connectivity index (χ2n) is 51.8. The van der Waals surface area contributed by atoms with E-state index in [1.165, 1.54) is 356 Å². The molecule has 149 heavy (non-hydrogen) atoms. The van der Waals surface area contributed by atoms with Crippen molar-refractivity contribution in [1.82, 2.24) is 0 Å². The van der Waals surface area contributed by atoms with Crippen LogP contribution >= 0.6 is 23.5 Å². The number of anilines is 12. The first-order valence-electron chi connectivity index (χ1n) is 58.3. The summed E-state index contributed by atoms with van der Waals surface area (Å²) < 4.78 is 0. The van der Waals surface area contributed by atoms with Crippen molar-refractivity contribution in [1.29, 1.82) is 0 Å². The summed E-state index contributed by atoms with van der Waals surface area (Å²) in [6.45, 7) is 79.3. The van der Waals surface area contributed by atoms with Gasteiger partial charge in [-0.25, -0.2) is 0 Å². The average Bonchev–Trinajstić information content (AvgIpc) is 1.35. The Morgan fingerprint density at radius 2 is 0.389 bits per heavy atom. The second kappa shape index (κ2) is 50.2. The van der Waals surface area contributed by atoms with E-state index in [9.17, 15) is 0 Å². The second-order valence-corrected chi connectivity index (χ2v) is 54.1. The summed E-state index contributed by atoms with van der Waals surface area (Å²) in [7, 11) is 0. The van der Waals surface area contributed by atoms with Crippen molar-refractivity contribution < 1.29 is 0 Å². The van der Waals surface area contributed by atoms with Crippen LogP contribution in [-0.2, 0) is 50.7 Å². The lowest BCUT2D eigenvalue weighted by Gasteiger charge is -2.34. The fraction of sp³-hybridized carbons (Fsp3) is 0.497. The van der Waals surface area contributed by atoms with E-state index in [0.29, 0.717) is 0 Å². The number of hydrogen-bond donors (Lipinski definition) is 0. The Balaban J connectivity index is 0.638. The Bertz CT molecular complexity index is 5830. The molecule has 0 unspecified atom stereocenters. The van der Waals surface area contributed by atoms with Crippen LogP contribution in [0.4, 0.5) is 68.2 Å². The molecule has 0 aromatic heterocycles. The van der Waals surface area contributed by atoms with Gasteiger partial charge in [-0.15, -0.1) is 23.5 Å². The molecule has 0 radical (unpaired) electrons. The quantitative estimate of drug-likeness (QED) is 0.0277. The van der Waals surface area contributed by atoms with Crippen LogP contribution in [0.15, 0.2) is 204 Å². The van der Waals surface area contributed by atoms with Gasteiger partial charge in [0, 0.05) is 49.3 Å². The average molecular weight is 2030 g/mol. The van der Waals surface area contributed by atoms with Crippen molar-refractivity contribution in [2.45, 2.75) is 463 Å². The van der Waals surface area contributed by atoms with Crippen LogP contribution in [0.25, 0.3) is 11.1 Å². The number of benzene rings is 12. The zero-order valence-electron chi connectivity index (χ0n) is 99.8. The summed E-state index contributed by atoms with van der Waals surface area (Å²) in [6, 6.07) is 78.2. The number of nitrogens with zero attached hydrogens (tertiary/aromatic N) is 4. The molecule has 1 aliphatic rings. The minimum atomic E-state index is 0.0352. The van der Waals surface area contributed by atoms with Crippen molar-refractivity contribution in [3.8, 4) is 11.1 Å². The first-order valence-corrected chi connectivity index (χ1v) is 60.2. The minimum absolute atomic E-state index is 0.0352. The summed E-state index contributed by atoms with van der Waals surface area (Å²) in [5.41, 5.74) is 50.7. The van der Waals surface area contributed by atoms with Crippen LogP contribution in [0.2, 0.25) is 0 Å². The van der Waals surface area contributed by atoms with Crippen molar-refractivity contribution in [3.63, 3.8) is 0 Å². The third-order valence-corrected chi connectivity index (χ3v) is 35.2. The molecule has 0 aliphatic heterocycles. The Hall–Kier alpha value is -9.46. The van der Waals surface area contributed by atoms with Crippen molar-refractivity contribution in [2.24, 2.45) is 0 Å². The Kier molecular flexibility index (Phi) is 39.3. The van der Waals surface area contributed by atoms with Crippen molar-refractivity contribution in [2.75, 3.05) is 31.1 Å². The molecule has 0 saturated heterocycles. The van der Waals surface area contributed by atoms with Crippen LogP contribution in [0.5, 0.6) is 0 Å². The summed E-state index contributed by atoms with van der Waals surface area (Å²) in [6.07, 6.45) is 36.0. The van der Waals surface area contributed by atoms with Gasteiger partial charge in [0.2, 0.25) is 0 Å². The maximum Gasteiger partial charge on any atom is 0.0520 e. The lowest BCUT2D eigenvalue weighted by molar-refractivity contribution is 0.397. The molecule has 0 bridgehead atoms. The molecule has 0 atom stereocenters. The molecule has 0 saturated carbocycles. The van der Waals surface area contributed by atoms with Crippen molar-refractivity contribution in [3.05, 3.63) is 328 Å². The monoisotopic (exact) mass is 2030 g/mol. The predicted molar refractivity (Wildman–Crippen MR) is 663 cm³/mol. The largest absolute Gasteiger partial charge is 0.310 e. The standard InChI is InChI=1S/C143H194N4S2/c1-35-37-39-41-49-55-77-143(78-56-50-42-40-38-36-2)127-95-129(148-79-57-51-45-43-47-53-59-111-61-65-119(66-62-111)144(131-99(5)81-113(82-100(131)6)137(17,18)19)121-69-73-123(74-70-121)146(133-103(9)85-115(86-104(133)10)139(23,24)25)134-105(11)87-116(88-106(134)12)140(26,27)28)97(3)93-125(127)126-94-98(4)130(96-128(126)143)149-80-58-52-46-44-48-54-60-112-63-67-120(68-64-112)145(132-101(7)83-114(84-102(132)8)138(20,21)22)122-71-75-124(76-72-122)147(135-107(13)89-117(90-108(135)14)141(29,30)31)136-109(15)91-118(92-110(136)16)142(32,33)34/h61-76,81-96H,35-60,77-80H2,1-34H3. The molecule has 1 aliphatic carbocycles. The number of aryl methyl sites for hydroxylation is 16. The van der Waals surface area contributed by atoms with E-state index in [4.69, 9.17) is 0 Å². The van der Waals surface area contributed by atoms with Gasteiger partial charge in [-0.05, 0) is 422 Å². The highest BCUT2D eigenvalue weighted by Crippen LogP contribution is 2.59. The van der Waals surface area contributed by atoms with Gasteiger partial charge in [-0.1, -0.05) is 376 Å². The normalized spacial score (nSPS) is 12.9. The van der Waals surface area contributed by atoms with E-state index in [-0.39, 0.29) is 37.9 Å². The van der Waals surface area contributed by atoms with Gasteiger partial charge in [-0.2, -0.15) is 0 Å². The topological polar surface area (TPSA) is 13.0 Å². The van der Waals surface area contributed by atoms with Crippen LogP contribution in [0.3, 0.4) is 0 Å². The first-order chi connectivity index (χ1) is 70.4. The fourth-order valence-corrected chi connectivity index (χ4v) is 26.0. The van der Waals surface area contributed by atoms with Crippen LogP contribution in [-0.4, -0.2) is 11.5 Å². The van der Waals surface area contributed by atoms with Crippen LogP contribution in [0.1, 0.15) is 439 Å². The number of thioether (sulfide) groups is 2. The summed E-state index contributed by atoms with van der Waals surface area (Å²) >= 11 is 4.31. The van der Waals surface area contributed by atoms with E-state index in [2.05, 4.69) is 473 Å². The molecule has 13 rings (SSSR count).